The van der Waals surface area contributed by atoms with Crippen LogP contribution in [-0.4, -0.2) is 70.0 Å². The molecule has 2 aliphatic rings. The van der Waals surface area contributed by atoms with Gasteiger partial charge in [-0.05, 0) is 25.3 Å². The molecule has 8 heteroatoms. The number of likely N-dealkylation sites (tertiary alicyclic amines) is 1. The Hall–Kier alpha value is -2.06. The molecule has 2 aromatic rings. The van der Waals surface area contributed by atoms with Crippen molar-refractivity contribution in [1.29, 1.82) is 0 Å². The Morgan fingerprint density at radius 3 is 2.69 bits per heavy atom. The number of carbonyl (C=O) groups excluding carboxylic acids is 1. The molecule has 0 saturated carbocycles. The summed E-state index contributed by atoms with van der Waals surface area (Å²) in [7, 11) is 0. The lowest BCUT2D eigenvalue weighted by molar-refractivity contribution is 0.0406. The van der Waals surface area contributed by atoms with Crippen LogP contribution in [0.3, 0.4) is 0 Å². The second kappa shape index (κ2) is 9.63. The van der Waals surface area contributed by atoms with Crippen LogP contribution < -0.4 is 0 Å². The van der Waals surface area contributed by atoms with Crippen LogP contribution >= 0.6 is 11.8 Å². The number of benzene rings is 1. The number of aromatic nitrogens is 3. The number of thioether (sulfide) groups is 1. The van der Waals surface area contributed by atoms with Crippen LogP contribution in [0.2, 0.25) is 0 Å². The lowest BCUT2D eigenvalue weighted by Gasteiger charge is -2.37. The molecule has 7 nitrogen and oxygen atoms in total. The average Bonchev–Trinajstić information content (AvgIpc) is 3.21. The smallest absolute Gasteiger partial charge is 0.320 e. The van der Waals surface area contributed by atoms with Gasteiger partial charge < -0.3 is 19.1 Å². The first-order chi connectivity index (χ1) is 14.3. The van der Waals surface area contributed by atoms with E-state index in [9.17, 15) is 4.79 Å². The number of amides is 2. The molecular weight excluding hydrogens is 386 g/mol. The maximum atomic E-state index is 12.9. The van der Waals surface area contributed by atoms with Crippen molar-refractivity contribution in [2.24, 2.45) is 0 Å². The van der Waals surface area contributed by atoms with Crippen molar-refractivity contribution in [2.45, 2.75) is 43.1 Å². The van der Waals surface area contributed by atoms with Crippen LogP contribution in [0.15, 0.2) is 35.5 Å². The van der Waals surface area contributed by atoms with Gasteiger partial charge in [-0.15, -0.1) is 10.2 Å². The molecule has 3 heterocycles. The van der Waals surface area contributed by atoms with Crippen LogP contribution in [0.5, 0.6) is 0 Å². The minimum Gasteiger partial charge on any atom is -0.378 e. The lowest BCUT2D eigenvalue weighted by atomic mass is 9.97. The first-order valence-corrected chi connectivity index (χ1v) is 11.5. The van der Waals surface area contributed by atoms with Crippen LogP contribution in [0, 0.1) is 0 Å². The third-order valence-corrected chi connectivity index (χ3v) is 6.65. The Labute approximate surface area is 176 Å². The van der Waals surface area contributed by atoms with E-state index in [0.717, 1.165) is 49.2 Å². The molecule has 1 aromatic carbocycles. The van der Waals surface area contributed by atoms with E-state index in [0.29, 0.717) is 26.3 Å². The normalized spacial score (nSPS) is 20.1. The highest BCUT2D eigenvalue weighted by Crippen LogP contribution is 2.30. The van der Waals surface area contributed by atoms with Gasteiger partial charge in [0, 0.05) is 44.4 Å². The molecule has 1 aromatic heterocycles. The van der Waals surface area contributed by atoms with Crippen LogP contribution in [-0.2, 0) is 17.0 Å². The number of rotatable bonds is 5. The van der Waals surface area contributed by atoms with Gasteiger partial charge in [0.2, 0.25) is 0 Å². The first kappa shape index (κ1) is 20.2. The number of nitrogens with zero attached hydrogens (tertiary/aromatic N) is 5. The van der Waals surface area contributed by atoms with Gasteiger partial charge in [-0.3, -0.25) is 0 Å². The number of piperidine rings is 1. The second-order valence-corrected chi connectivity index (χ2v) is 8.47. The van der Waals surface area contributed by atoms with Crippen molar-refractivity contribution in [3.63, 3.8) is 0 Å². The maximum absolute atomic E-state index is 12.9. The standard InChI is InChI=1S/C21H29N5O2S/c1-2-26-19(22-23-20(26)29-16-17-7-4-3-5-8-17)18-9-6-10-25(15-18)21(27)24-11-13-28-14-12-24/h3-5,7-8,18H,2,6,9-16H2,1H3/t18-/m1/s1. The molecular formula is C21H29N5O2S. The second-order valence-electron chi connectivity index (χ2n) is 7.53. The molecule has 0 bridgehead atoms. The van der Waals surface area contributed by atoms with Gasteiger partial charge in [0.1, 0.15) is 5.82 Å². The zero-order valence-electron chi connectivity index (χ0n) is 17.0. The van der Waals surface area contributed by atoms with Crippen molar-refractivity contribution < 1.29 is 9.53 Å². The maximum Gasteiger partial charge on any atom is 0.320 e. The predicted octanol–water partition coefficient (Wildman–Crippen LogP) is 3.22. The Kier molecular flexibility index (Phi) is 6.71. The van der Waals surface area contributed by atoms with Gasteiger partial charge in [-0.25, -0.2) is 4.79 Å². The number of ether oxygens (including phenoxy) is 1. The van der Waals surface area contributed by atoms with E-state index in [1.165, 1.54) is 5.56 Å². The fraction of sp³-hybridized carbons (Fsp3) is 0.571. The topological polar surface area (TPSA) is 63.5 Å². The molecule has 156 valence electrons. The summed E-state index contributed by atoms with van der Waals surface area (Å²) in [5, 5.41) is 9.99. The minimum absolute atomic E-state index is 0.138. The molecule has 0 spiro atoms. The van der Waals surface area contributed by atoms with Crippen LogP contribution in [0.25, 0.3) is 0 Å². The number of hydrogen-bond acceptors (Lipinski definition) is 5. The van der Waals surface area contributed by atoms with Crippen LogP contribution in [0.1, 0.15) is 37.1 Å². The zero-order valence-corrected chi connectivity index (χ0v) is 17.8. The van der Waals surface area contributed by atoms with E-state index in [1.54, 1.807) is 11.8 Å². The quantitative estimate of drug-likeness (QED) is 0.702. The van der Waals surface area contributed by atoms with Gasteiger partial charge in [0.25, 0.3) is 0 Å². The number of urea groups is 1. The monoisotopic (exact) mass is 415 g/mol. The summed E-state index contributed by atoms with van der Waals surface area (Å²) in [6.45, 7) is 7.16. The van der Waals surface area contributed by atoms with E-state index in [2.05, 4.69) is 46.0 Å². The highest BCUT2D eigenvalue weighted by atomic mass is 32.2. The SMILES string of the molecule is CCn1c(SCc2ccccc2)nnc1[C@@H]1CCCN(C(=O)N2CCOCC2)C1. The average molecular weight is 416 g/mol. The number of hydrogen-bond donors (Lipinski definition) is 0. The van der Waals surface area contributed by atoms with E-state index in [-0.39, 0.29) is 11.9 Å². The van der Waals surface area contributed by atoms with Gasteiger partial charge in [0.15, 0.2) is 5.16 Å². The Morgan fingerprint density at radius 2 is 1.93 bits per heavy atom. The summed E-state index contributed by atoms with van der Waals surface area (Å²) in [4.78, 5) is 16.8. The molecule has 0 aliphatic carbocycles. The Balaban J connectivity index is 1.43. The van der Waals surface area contributed by atoms with Crippen molar-refractivity contribution >= 4 is 17.8 Å². The third-order valence-electron chi connectivity index (χ3n) is 5.61. The summed E-state index contributed by atoms with van der Waals surface area (Å²) in [5.41, 5.74) is 1.28. The number of morpholine rings is 1. The van der Waals surface area contributed by atoms with Crippen molar-refractivity contribution in [1.82, 2.24) is 24.6 Å². The van der Waals surface area contributed by atoms with E-state index in [4.69, 9.17) is 4.74 Å². The van der Waals surface area contributed by atoms with E-state index in [1.807, 2.05) is 15.9 Å². The molecule has 2 aliphatic heterocycles. The summed E-state index contributed by atoms with van der Waals surface area (Å²) in [6.07, 6.45) is 2.05. The summed E-state index contributed by atoms with van der Waals surface area (Å²) < 4.78 is 7.60. The minimum atomic E-state index is 0.138. The van der Waals surface area contributed by atoms with Gasteiger partial charge in [0.05, 0.1) is 13.2 Å². The van der Waals surface area contributed by atoms with E-state index >= 15 is 0 Å². The Morgan fingerprint density at radius 1 is 1.14 bits per heavy atom. The third kappa shape index (κ3) is 4.75. The molecule has 4 rings (SSSR count). The van der Waals surface area contributed by atoms with Crippen LogP contribution in [0.4, 0.5) is 4.79 Å². The molecule has 2 saturated heterocycles. The summed E-state index contributed by atoms with van der Waals surface area (Å²) >= 11 is 1.73. The van der Waals surface area contributed by atoms with Crippen molar-refractivity contribution in [2.75, 3.05) is 39.4 Å². The zero-order chi connectivity index (χ0) is 20.1. The highest BCUT2D eigenvalue weighted by molar-refractivity contribution is 7.98. The summed E-state index contributed by atoms with van der Waals surface area (Å²) in [6, 6.07) is 10.6. The molecule has 1 atom stereocenters. The fourth-order valence-corrected chi connectivity index (χ4v) is 5.01. The molecule has 0 radical (unpaired) electrons. The molecule has 0 unspecified atom stereocenters. The fourth-order valence-electron chi connectivity index (χ4n) is 4.04. The molecule has 2 fully saturated rings. The van der Waals surface area contributed by atoms with Gasteiger partial charge >= 0.3 is 6.03 Å². The van der Waals surface area contributed by atoms with Crippen molar-refractivity contribution in [3.05, 3.63) is 41.7 Å². The largest absolute Gasteiger partial charge is 0.378 e. The summed E-state index contributed by atoms with van der Waals surface area (Å²) in [5.74, 6) is 2.14. The van der Waals surface area contributed by atoms with Crippen molar-refractivity contribution in [3.8, 4) is 0 Å². The molecule has 2 amide bonds. The molecule has 0 N–H and O–H groups in total. The predicted molar refractivity (Wildman–Crippen MR) is 113 cm³/mol. The first-order valence-electron chi connectivity index (χ1n) is 10.5. The van der Waals surface area contributed by atoms with Gasteiger partial charge in [-0.2, -0.15) is 0 Å². The molecule has 29 heavy (non-hydrogen) atoms. The Bertz CT molecular complexity index is 807. The number of carbonyl (C=O) groups is 1. The highest BCUT2D eigenvalue weighted by Gasteiger charge is 2.31. The lowest BCUT2D eigenvalue weighted by Crippen LogP contribution is -2.50. The van der Waals surface area contributed by atoms with E-state index < -0.39 is 0 Å². The van der Waals surface area contributed by atoms with Gasteiger partial charge in [-0.1, -0.05) is 42.1 Å².